The second kappa shape index (κ2) is 6.88. The van der Waals surface area contributed by atoms with E-state index in [1.54, 1.807) is 12.1 Å². The largest absolute Gasteiger partial charge is 0.496 e. The maximum Gasteiger partial charge on any atom is 0.416 e. The molecule has 0 unspecified atom stereocenters. The number of rotatable bonds is 3. The van der Waals surface area contributed by atoms with Crippen molar-refractivity contribution in [2.45, 2.75) is 6.18 Å². The number of hydrogen-bond donors (Lipinski definition) is 1. The van der Waals surface area contributed by atoms with E-state index >= 15 is 0 Å². The number of anilines is 1. The lowest BCUT2D eigenvalue weighted by molar-refractivity contribution is -0.137. The number of carbonyl (C=O) groups is 1. The molecule has 0 spiro atoms. The van der Waals surface area contributed by atoms with Crippen LogP contribution < -0.4 is 10.1 Å². The number of methoxy groups -OCH3 is 1. The zero-order chi connectivity index (χ0) is 18.9. The molecule has 0 saturated carbocycles. The fourth-order valence-corrected chi connectivity index (χ4v) is 2.78. The van der Waals surface area contributed by atoms with Gasteiger partial charge in [0.05, 0.1) is 28.9 Å². The summed E-state index contributed by atoms with van der Waals surface area (Å²) in [5, 5.41) is 4.05. The van der Waals surface area contributed by atoms with E-state index in [0.29, 0.717) is 5.75 Å². The van der Waals surface area contributed by atoms with E-state index < -0.39 is 17.6 Å². The number of alkyl halides is 3. The highest BCUT2D eigenvalue weighted by atomic mass is 35.5. The number of nitrogens with one attached hydrogen (secondary N) is 1. The van der Waals surface area contributed by atoms with Gasteiger partial charge in [-0.1, -0.05) is 35.9 Å². The Balaban J connectivity index is 1.94. The fourth-order valence-electron chi connectivity index (χ4n) is 2.55. The Bertz CT molecular complexity index is 986. The molecule has 3 aromatic rings. The van der Waals surface area contributed by atoms with Gasteiger partial charge in [-0.3, -0.25) is 4.79 Å². The molecule has 0 fully saturated rings. The number of amides is 1. The normalized spacial score (nSPS) is 11.4. The number of hydrogen-bond acceptors (Lipinski definition) is 2. The van der Waals surface area contributed by atoms with Crippen LogP contribution in [0.1, 0.15) is 15.9 Å². The molecule has 0 aliphatic carbocycles. The van der Waals surface area contributed by atoms with Crippen LogP contribution in [-0.2, 0) is 6.18 Å². The summed E-state index contributed by atoms with van der Waals surface area (Å²) in [6, 6.07) is 13.6. The predicted octanol–water partition coefficient (Wildman–Crippen LogP) is 5.77. The molecule has 7 heteroatoms. The van der Waals surface area contributed by atoms with Crippen LogP contribution in [0.4, 0.5) is 18.9 Å². The third-order valence-electron chi connectivity index (χ3n) is 3.86. The van der Waals surface area contributed by atoms with Gasteiger partial charge >= 0.3 is 6.18 Å². The van der Waals surface area contributed by atoms with Gasteiger partial charge in [-0.15, -0.1) is 0 Å². The van der Waals surface area contributed by atoms with E-state index in [1.165, 1.54) is 7.11 Å². The number of ether oxygens (including phenoxy) is 1. The molecule has 0 radical (unpaired) electrons. The summed E-state index contributed by atoms with van der Waals surface area (Å²) < 4.78 is 43.4. The molecule has 3 rings (SSSR count). The van der Waals surface area contributed by atoms with Gasteiger partial charge in [0.25, 0.3) is 5.91 Å². The van der Waals surface area contributed by atoms with Gasteiger partial charge in [0.15, 0.2) is 0 Å². The van der Waals surface area contributed by atoms with Gasteiger partial charge in [-0.2, -0.15) is 13.2 Å². The first-order valence-electron chi connectivity index (χ1n) is 7.54. The van der Waals surface area contributed by atoms with Crippen LogP contribution in [0.5, 0.6) is 5.75 Å². The van der Waals surface area contributed by atoms with Crippen molar-refractivity contribution in [2.75, 3.05) is 12.4 Å². The monoisotopic (exact) mass is 379 g/mol. The molecule has 0 atom stereocenters. The molecule has 0 saturated heterocycles. The average Bonchev–Trinajstić information content (AvgIpc) is 2.61. The minimum absolute atomic E-state index is 0.0832. The Labute approximate surface area is 152 Å². The molecule has 0 aromatic heterocycles. The van der Waals surface area contributed by atoms with E-state index in [1.807, 2.05) is 24.3 Å². The topological polar surface area (TPSA) is 38.3 Å². The quantitative estimate of drug-likeness (QED) is 0.627. The summed E-state index contributed by atoms with van der Waals surface area (Å²) in [5.74, 6) is -0.182. The maximum absolute atomic E-state index is 12.7. The van der Waals surface area contributed by atoms with E-state index in [4.69, 9.17) is 16.3 Å². The van der Waals surface area contributed by atoms with Gasteiger partial charge in [0.2, 0.25) is 0 Å². The predicted molar refractivity (Wildman–Crippen MR) is 94.9 cm³/mol. The summed E-state index contributed by atoms with van der Waals surface area (Å²) in [5.41, 5.74) is -0.550. The van der Waals surface area contributed by atoms with Crippen molar-refractivity contribution >= 4 is 34.0 Å². The highest BCUT2D eigenvalue weighted by molar-refractivity contribution is 6.34. The number of carbonyl (C=O) groups excluding carboxylic acids is 1. The summed E-state index contributed by atoms with van der Waals surface area (Å²) in [6.07, 6.45) is -4.51. The lowest BCUT2D eigenvalue weighted by Gasteiger charge is -2.13. The van der Waals surface area contributed by atoms with Gasteiger partial charge in [-0.25, -0.2) is 0 Å². The Kier molecular flexibility index (Phi) is 4.78. The standard InChI is InChI=1S/C19H13ClF3NO2/c1-26-17-9-12-5-3-2-4-11(12)8-14(17)18(25)24-16-7-6-13(10-15(16)20)19(21,22)23/h2-10H,1H3,(H,24,25). The van der Waals surface area contributed by atoms with Crippen LogP contribution in [0.25, 0.3) is 10.8 Å². The first kappa shape index (κ1) is 18.1. The second-order valence-electron chi connectivity index (χ2n) is 5.55. The molecule has 3 nitrogen and oxygen atoms in total. The Morgan fingerprint density at radius 3 is 2.27 bits per heavy atom. The van der Waals surface area contributed by atoms with Crippen LogP contribution >= 0.6 is 11.6 Å². The molecule has 0 bridgehead atoms. The number of fused-ring (bicyclic) bond motifs is 1. The van der Waals surface area contributed by atoms with Crippen molar-refractivity contribution in [1.29, 1.82) is 0 Å². The van der Waals surface area contributed by atoms with Crippen LogP contribution in [-0.4, -0.2) is 13.0 Å². The van der Waals surface area contributed by atoms with Crippen molar-refractivity contribution in [3.8, 4) is 5.75 Å². The fraction of sp³-hybridized carbons (Fsp3) is 0.105. The molecular formula is C19H13ClF3NO2. The minimum atomic E-state index is -4.51. The van der Waals surface area contributed by atoms with Crippen molar-refractivity contribution in [1.82, 2.24) is 0 Å². The number of halogens is 4. The molecule has 26 heavy (non-hydrogen) atoms. The molecule has 0 aliphatic rings. The smallest absolute Gasteiger partial charge is 0.416 e. The molecule has 1 amide bonds. The van der Waals surface area contributed by atoms with Crippen LogP contribution in [0.15, 0.2) is 54.6 Å². The summed E-state index contributed by atoms with van der Waals surface area (Å²) in [7, 11) is 1.44. The van der Waals surface area contributed by atoms with Crippen LogP contribution in [0.3, 0.4) is 0 Å². The lowest BCUT2D eigenvalue weighted by Crippen LogP contribution is -2.14. The molecule has 0 heterocycles. The van der Waals surface area contributed by atoms with Gasteiger partial charge < -0.3 is 10.1 Å². The second-order valence-corrected chi connectivity index (χ2v) is 5.95. The minimum Gasteiger partial charge on any atom is -0.496 e. The van der Waals surface area contributed by atoms with Gasteiger partial charge in [0, 0.05) is 0 Å². The highest BCUT2D eigenvalue weighted by Crippen LogP contribution is 2.34. The van der Waals surface area contributed by atoms with Crippen molar-refractivity contribution in [2.24, 2.45) is 0 Å². The summed E-state index contributed by atoms with van der Waals surface area (Å²) >= 11 is 5.89. The third-order valence-corrected chi connectivity index (χ3v) is 4.17. The molecule has 0 aliphatic heterocycles. The molecule has 134 valence electrons. The van der Waals surface area contributed by atoms with Gasteiger partial charge in [-0.05, 0) is 41.1 Å². The molecule has 3 aromatic carbocycles. The Morgan fingerprint density at radius 2 is 1.69 bits per heavy atom. The SMILES string of the molecule is COc1cc2ccccc2cc1C(=O)Nc1ccc(C(F)(F)F)cc1Cl. The zero-order valence-electron chi connectivity index (χ0n) is 13.5. The van der Waals surface area contributed by atoms with Crippen molar-refractivity contribution in [3.63, 3.8) is 0 Å². The van der Waals surface area contributed by atoms with E-state index in [0.717, 1.165) is 29.0 Å². The van der Waals surface area contributed by atoms with Crippen LogP contribution in [0, 0.1) is 0 Å². The lowest BCUT2D eigenvalue weighted by atomic mass is 10.1. The van der Waals surface area contributed by atoms with Gasteiger partial charge in [0.1, 0.15) is 5.75 Å². The molecular weight excluding hydrogens is 367 g/mol. The van der Waals surface area contributed by atoms with Crippen molar-refractivity contribution < 1.29 is 22.7 Å². The first-order chi connectivity index (χ1) is 12.3. The van der Waals surface area contributed by atoms with Crippen LogP contribution in [0.2, 0.25) is 5.02 Å². The number of benzene rings is 3. The molecule has 1 N–H and O–H groups in total. The zero-order valence-corrected chi connectivity index (χ0v) is 14.3. The third kappa shape index (κ3) is 3.60. The first-order valence-corrected chi connectivity index (χ1v) is 7.92. The van der Waals surface area contributed by atoms with E-state index in [-0.39, 0.29) is 16.3 Å². The Morgan fingerprint density at radius 1 is 1.04 bits per heavy atom. The summed E-state index contributed by atoms with van der Waals surface area (Å²) in [6.45, 7) is 0. The van der Waals surface area contributed by atoms with Crippen molar-refractivity contribution in [3.05, 3.63) is 70.7 Å². The highest BCUT2D eigenvalue weighted by Gasteiger charge is 2.31. The summed E-state index contributed by atoms with van der Waals surface area (Å²) in [4.78, 5) is 12.6. The van der Waals surface area contributed by atoms with E-state index in [2.05, 4.69) is 5.32 Å². The average molecular weight is 380 g/mol. The Hall–Kier alpha value is -2.73. The maximum atomic E-state index is 12.7. The van der Waals surface area contributed by atoms with E-state index in [9.17, 15) is 18.0 Å².